The quantitative estimate of drug-likeness (QED) is 0.234. The fraction of sp³-hybridized carbons (Fsp3) is 0.358. The maximum Gasteiger partial charge on any atom is 0.0712 e. The van der Waals surface area contributed by atoms with Gasteiger partial charge in [0.05, 0.1) is 5.54 Å². The molecule has 6 aliphatic carbocycles. The molecular formula is C53H58N2. The van der Waals surface area contributed by atoms with Gasteiger partial charge in [0.25, 0.3) is 0 Å². The van der Waals surface area contributed by atoms with Crippen LogP contribution in [0.1, 0.15) is 102 Å². The number of anilines is 1. The Morgan fingerprint density at radius 3 is 2.44 bits per heavy atom. The van der Waals surface area contributed by atoms with Gasteiger partial charge in [-0.1, -0.05) is 110 Å². The van der Waals surface area contributed by atoms with Crippen molar-refractivity contribution in [2.75, 3.05) is 4.90 Å². The van der Waals surface area contributed by atoms with E-state index in [0.717, 1.165) is 51.4 Å². The fourth-order valence-electron chi connectivity index (χ4n) is 10.9. The largest absolute Gasteiger partial charge is 0.342 e. The Morgan fingerprint density at radius 1 is 0.891 bits per heavy atom. The predicted molar refractivity (Wildman–Crippen MR) is 234 cm³/mol. The molecule has 0 amide bonds. The van der Waals surface area contributed by atoms with Crippen LogP contribution in [0.25, 0.3) is 5.57 Å². The summed E-state index contributed by atoms with van der Waals surface area (Å²) in [4.78, 5) is 5.24. The predicted octanol–water partition coefficient (Wildman–Crippen LogP) is 13.8. The van der Waals surface area contributed by atoms with Crippen molar-refractivity contribution in [1.29, 1.82) is 0 Å². The first kappa shape index (κ1) is 35.9. The molecule has 4 unspecified atom stereocenters. The van der Waals surface area contributed by atoms with Crippen molar-refractivity contribution in [3.8, 4) is 0 Å². The summed E-state index contributed by atoms with van der Waals surface area (Å²) in [7, 11) is 0. The summed E-state index contributed by atoms with van der Waals surface area (Å²) in [6.45, 7) is 15.5. The Hall–Kier alpha value is -4.82. The van der Waals surface area contributed by atoms with E-state index >= 15 is 0 Å². The molecule has 0 saturated carbocycles. The summed E-state index contributed by atoms with van der Waals surface area (Å²) in [6.07, 6.45) is 49.2. The highest BCUT2D eigenvalue weighted by Gasteiger charge is 2.47. The molecule has 0 fully saturated rings. The van der Waals surface area contributed by atoms with Crippen molar-refractivity contribution in [3.05, 3.63) is 191 Å². The molecule has 8 aliphatic rings. The van der Waals surface area contributed by atoms with Gasteiger partial charge in [-0.3, -0.25) is 0 Å². The van der Waals surface area contributed by atoms with Crippen LogP contribution in [-0.4, -0.2) is 16.5 Å². The SMILES string of the molecule is C=C/C=C\C1=CC2CC(C3=CCC4(C)C(=C3)c3ccccc3N4C3=CC=C(C4=CC=C(C5=CCCCC5)CC4)CC3)=CCC2N1C(=C)CC1CCC=CC1=C. The molecule has 0 radical (unpaired) electrons. The maximum absolute atomic E-state index is 4.68. The van der Waals surface area contributed by atoms with Crippen LogP contribution in [0.4, 0.5) is 5.69 Å². The molecule has 2 heteroatoms. The van der Waals surface area contributed by atoms with Crippen LogP contribution in [0.15, 0.2) is 185 Å². The highest BCUT2D eigenvalue weighted by atomic mass is 15.2. The molecule has 55 heavy (non-hydrogen) atoms. The van der Waals surface area contributed by atoms with Gasteiger partial charge in [-0.15, -0.1) is 0 Å². The zero-order valence-corrected chi connectivity index (χ0v) is 33.0. The zero-order valence-electron chi connectivity index (χ0n) is 33.0. The van der Waals surface area contributed by atoms with Crippen molar-refractivity contribution in [3.63, 3.8) is 0 Å². The van der Waals surface area contributed by atoms with Gasteiger partial charge < -0.3 is 9.80 Å². The highest BCUT2D eigenvalue weighted by molar-refractivity contribution is 5.95. The average molecular weight is 723 g/mol. The first-order valence-electron chi connectivity index (χ1n) is 21.2. The molecule has 0 bridgehead atoms. The second-order valence-electron chi connectivity index (χ2n) is 17.2. The lowest BCUT2D eigenvalue weighted by Gasteiger charge is -2.42. The third-order valence-electron chi connectivity index (χ3n) is 13.9. The molecule has 2 heterocycles. The van der Waals surface area contributed by atoms with Crippen LogP contribution in [0.2, 0.25) is 0 Å². The summed E-state index contributed by atoms with van der Waals surface area (Å²) < 4.78 is 0. The molecule has 4 atom stereocenters. The maximum atomic E-state index is 4.68. The number of allylic oxidation sites excluding steroid dienone is 20. The molecule has 1 aromatic carbocycles. The number of rotatable bonds is 9. The number of hydrogen-bond acceptors (Lipinski definition) is 2. The van der Waals surface area contributed by atoms with Gasteiger partial charge in [-0.25, -0.2) is 0 Å². The Morgan fingerprint density at radius 2 is 1.69 bits per heavy atom. The smallest absolute Gasteiger partial charge is 0.0712 e. The summed E-state index contributed by atoms with van der Waals surface area (Å²) in [5, 5.41) is 0. The summed E-state index contributed by atoms with van der Waals surface area (Å²) in [5.74, 6) is 0.930. The zero-order chi connectivity index (χ0) is 37.5. The minimum atomic E-state index is -0.0969. The van der Waals surface area contributed by atoms with Crippen LogP contribution in [-0.2, 0) is 0 Å². The minimum absolute atomic E-state index is 0.0969. The molecule has 2 nitrogen and oxygen atoms in total. The normalized spacial score (nSPS) is 28.8. The molecular weight excluding hydrogens is 665 g/mol. The topological polar surface area (TPSA) is 6.48 Å². The molecule has 0 N–H and O–H groups in total. The summed E-state index contributed by atoms with van der Waals surface area (Å²) >= 11 is 0. The monoisotopic (exact) mass is 722 g/mol. The number of fused-ring (bicyclic) bond motifs is 4. The van der Waals surface area contributed by atoms with Crippen molar-refractivity contribution < 1.29 is 0 Å². The average Bonchev–Trinajstić information content (AvgIpc) is 3.72. The van der Waals surface area contributed by atoms with E-state index in [9.17, 15) is 0 Å². The lowest BCUT2D eigenvalue weighted by Crippen LogP contribution is -2.43. The number of nitrogens with zero attached hydrogens (tertiary/aromatic N) is 2. The van der Waals surface area contributed by atoms with Gasteiger partial charge in [0.2, 0.25) is 0 Å². The second kappa shape index (κ2) is 15.0. The summed E-state index contributed by atoms with van der Waals surface area (Å²) in [5.41, 5.74) is 18.5. The van der Waals surface area contributed by atoms with Crippen LogP contribution in [0.5, 0.6) is 0 Å². The van der Waals surface area contributed by atoms with Crippen molar-refractivity contribution in [1.82, 2.24) is 4.90 Å². The van der Waals surface area contributed by atoms with E-state index in [2.05, 4.69) is 140 Å². The minimum Gasteiger partial charge on any atom is -0.342 e. The molecule has 9 rings (SSSR count). The summed E-state index contributed by atoms with van der Waals surface area (Å²) in [6, 6.07) is 9.56. The van der Waals surface area contributed by atoms with E-state index in [0.29, 0.717) is 17.9 Å². The van der Waals surface area contributed by atoms with Gasteiger partial charge in [-0.05, 0) is 166 Å². The first-order chi connectivity index (χ1) is 26.9. The lowest BCUT2D eigenvalue weighted by atomic mass is 9.76. The van der Waals surface area contributed by atoms with Crippen molar-refractivity contribution in [2.24, 2.45) is 11.8 Å². The number of hydrogen-bond donors (Lipinski definition) is 0. The van der Waals surface area contributed by atoms with Gasteiger partial charge in [0, 0.05) is 40.3 Å². The van der Waals surface area contributed by atoms with E-state index < -0.39 is 0 Å². The molecule has 0 aromatic heterocycles. The fourth-order valence-corrected chi connectivity index (χ4v) is 10.9. The van der Waals surface area contributed by atoms with Crippen LogP contribution in [0.3, 0.4) is 0 Å². The number of benzene rings is 1. The van der Waals surface area contributed by atoms with Gasteiger partial charge >= 0.3 is 0 Å². The molecule has 280 valence electrons. The van der Waals surface area contributed by atoms with E-state index in [1.807, 2.05) is 6.08 Å². The van der Waals surface area contributed by atoms with Gasteiger partial charge in [0.1, 0.15) is 0 Å². The van der Waals surface area contributed by atoms with Crippen LogP contribution < -0.4 is 4.90 Å². The third kappa shape index (κ3) is 6.66. The third-order valence-corrected chi connectivity index (χ3v) is 13.9. The Balaban J connectivity index is 0.949. The second-order valence-corrected chi connectivity index (χ2v) is 17.2. The Labute approximate surface area is 330 Å². The standard InChI is InChI=1S/C53H58N2/c1-5-6-18-48-35-46-34-44(27-30-51(46)54(48)38(3)33-43-17-11-10-14-37(43)2)45-31-32-53(4)50(36-45)49-19-12-13-20-52(49)55(53)47-28-25-42(26-29-47)41-23-21-40(22-24-41)39-15-8-7-9-16-39/h5-6,10,12-15,18-21,23,25,27-28,31,35-36,43,46,51H,1-3,7-9,11,16-17,22,24,26,29-30,32-34H2,4H3/b18-6-. The molecule has 1 aromatic rings. The van der Waals surface area contributed by atoms with E-state index in [-0.39, 0.29) is 5.54 Å². The van der Waals surface area contributed by atoms with Crippen LogP contribution in [0, 0.1) is 11.8 Å². The van der Waals surface area contributed by atoms with E-state index in [1.54, 1.807) is 16.7 Å². The van der Waals surface area contributed by atoms with E-state index in [4.69, 9.17) is 0 Å². The van der Waals surface area contributed by atoms with Gasteiger partial charge in [0.15, 0.2) is 0 Å². The molecule has 2 aliphatic heterocycles. The molecule has 0 saturated heterocycles. The van der Waals surface area contributed by atoms with Crippen molar-refractivity contribution >= 4 is 11.3 Å². The lowest BCUT2D eigenvalue weighted by molar-refractivity contribution is 0.272. The Kier molecular flexibility index (Phi) is 9.79. The first-order valence-corrected chi connectivity index (χ1v) is 21.2. The highest BCUT2D eigenvalue weighted by Crippen LogP contribution is 2.55. The number of para-hydroxylation sites is 1. The Bertz CT molecular complexity index is 2160. The van der Waals surface area contributed by atoms with E-state index in [1.165, 1.54) is 94.7 Å². The van der Waals surface area contributed by atoms with Crippen LogP contribution >= 0.6 is 0 Å². The van der Waals surface area contributed by atoms with Gasteiger partial charge in [-0.2, -0.15) is 0 Å². The van der Waals surface area contributed by atoms with Crippen molar-refractivity contribution in [2.45, 2.75) is 108 Å². The molecule has 0 spiro atoms.